The summed E-state index contributed by atoms with van der Waals surface area (Å²) in [7, 11) is 0. The van der Waals surface area contributed by atoms with Gasteiger partial charge in [-0.15, -0.1) is 11.8 Å². The average molecular weight is 418 g/mol. The van der Waals surface area contributed by atoms with Gasteiger partial charge in [0.25, 0.3) is 0 Å². The summed E-state index contributed by atoms with van der Waals surface area (Å²) in [4.78, 5) is 21.5. The van der Waals surface area contributed by atoms with Crippen LogP contribution < -0.4 is 5.32 Å². The van der Waals surface area contributed by atoms with Crippen LogP contribution in [0.1, 0.15) is 36.0 Å². The molecule has 0 aliphatic rings. The van der Waals surface area contributed by atoms with Crippen LogP contribution in [0.15, 0.2) is 66.1 Å². The van der Waals surface area contributed by atoms with Crippen molar-refractivity contribution in [2.45, 2.75) is 37.0 Å². The number of thioether (sulfide) groups is 1. The highest BCUT2D eigenvalue weighted by Crippen LogP contribution is 2.28. The van der Waals surface area contributed by atoms with Crippen LogP contribution in [0.4, 0.5) is 5.69 Å². The number of rotatable bonds is 7. The van der Waals surface area contributed by atoms with Crippen LogP contribution >= 0.6 is 11.8 Å². The maximum atomic E-state index is 13.0. The molecule has 1 atom stereocenters. The van der Waals surface area contributed by atoms with E-state index in [4.69, 9.17) is 0 Å². The number of hydrogen-bond acceptors (Lipinski definition) is 5. The SMILES string of the molecule is CCC(C(=O)Nc1cccc(CSc2ncnc3[nH]ncc23)c1)c1ccccc1C. The number of H-pyrrole nitrogens is 1. The fourth-order valence-electron chi connectivity index (χ4n) is 3.50. The van der Waals surface area contributed by atoms with Crippen molar-refractivity contribution in [3.8, 4) is 0 Å². The zero-order chi connectivity index (χ0) is 20.9. The van der Waals surface area contributed by atoms with E-state index in [1.54, 1.807) is 18.0 Å². The summed E-state index contributed by atoms with van der Waals surface area (Å²) in [6.07, 6.45) is 4.03. The summed E-state index contributed by atoms with van der Waals surface area (Å²) in [5.41, 5.74) is 4.87. The topological polar surface area (TPSA) is 83.6 Å². The maximum absolute atomic E-state index is 13.0. The fraction of sp³-hybridized carbons (Fsp3) is 0.217. The molecule has 4 aromatic rings. The third-order valence-electron chi connectivity index (χ3n) is 5.07. The number of aromatic nitrogens is 4. The molecule has 0 radical (unpaired) electrons. The number of carbonyl (C=O) groups is 1. The van der Waals surface area contributed by atoms with Crippen LogP contribution in [0.5, 0.6) is 0 Å². The van der Waals surface area contributed by atoms with E-state index in [1.807, 2.05) is 56.3 Å². The van der Waals surface area contributed by atoms with Crippen LogP contribution in [-0.2, 0) is 10.5 Å². The fourth-order valence-corrected chi connectivity index (χ4v) is 4.41. The molecule has 1 amide bonds. The molecule has 4 rings (SSSR count). The molecule has 2 aromatic carbocycles. The number of carbonyl (C=O) groups excluding carboxylic acids is 1. The van der Waals surface area contributed by atoms with Crippen molar-refractivity contribution in [2.24, 2.45) is 0 Å². The molecule has 30 heavy (non-hydrogen) atoms. The second-order valence-electron chi connectivity index (χ2n) is 7.11. The van der Waals surface area contributed by atoms with Gasteiger partial charge in [-0.3, -0.25) is 9.89 Å². The van der Waals surface area contributed by atoms with Crippen molar-refractivity contribution in [3.63, 3.8) is 0 Å². The maximum Gasteiger partial charge on any atom is 0.231 e. The monoisotopic (exact) mass is 417 g/mol. The number of nitrogens with one attached hydrogen (secondary N) is 2. The minimum absolute atomic E-state index is 0.0208. The zero-order valence-electron chi connectivity index (χ0n) is 16.9. The molecular formula is C23H23N5OS. The van der Waals surface area contributed by atoms with Crippen molar-refractivity contribution in [1.82, 2.24) is 20.2 Å². The van der Waals surface area contributed by atoms with Gasteiger partial charge in [0, 0.05) is 11.4 Å². The summed E-state index contributed by atoms with van der Waals surface area (Å²) in [5.74, 6) is 0.586. The van der Waals surface area contributed by atoms with Gasteiger partial charge in [-0.25, -0.2) is 9.97 Å². The molecule has 0 aliphatic carbocycles. The number of aryl methyl sites for hydroxylation is 1. The Morgan fingerprint density at radius 3 is 2.87 bits per heavy atom. The molecule has 6 nitrogen and oxygen atoms in total. The summed E-state index contributed by atoms with van der Waals surface area (Å²) in [6.45, 7) is 4.09. The Morgan fingerprint density at radius 2 is 2.03 bits per heavy atom. The molecule has 0 bridgehead atoms. The molecule has 0 aliphatic heterocycles. The molecular weight excluding hydrogens is 394 g/mol. The first-order chi connectivity index (χ1) is 14.7. The third kappa shape index (κ3) is 4.36. The standard InChI is InChI=1S/C23H23N5OS/c1-3-18(19-10-5-4-7-15(19)2)22(29)27-17-9-6-8-16(11-17)13-30-23-20-12-26-28-21(20)24-14-25-23/h4-12,14,18H,3,13H2,1-2H3,(H,27,29)(H,24,25,26,28). The van der Waals surface area contributed by atoms with Crippen molar-refractivity contribution in [2.75, 3.05) is 5.32 Å². The highest BCUT2D eigenvalue weighted by Gasteiger charge is 2.20. The Hall–Kier alpha value is -3.19. The lowest BCUT2D eigenvalue weighted by molar-refractivity contribution is -0.117. The number of nitrogens with zero attached hydrogens (tertiary/aromatic N) is 3. The third-order valence-corrected chi connectivity index (χ3v) is 6.15. The molecule has 2 heterocycles. The van der Waals surface area contributed by atoms with E-state index in [1.165, 1.54) is 6.33 Å². The Labute approximate surface area is 179 Å². The first-order valence-corrected chi connectivity index (χ1v) is 10.9. The van der Waals surface area contributed by atoms with Gasteiger partial charge in [0.15, 0.2) is 5.65 Å². The van der Waals surface area contributed by atoms with E-state index < -0.39 is 0 Å². The van der Waals surface area contributed by atoms with Gasteiger partial charge < -0.3 is 5.32 Å². The predicted octanol–water partition coefficient (Wildman–Crippen LogP) is 5.09. The molecule has 0 spiro atoms. The molecule has 0 saturated heterocycles. The highest BCUT2D eigenvalue weighted by atomic mass is 32.2. The second-order valence-corrected chi connectivity index (χ2v) is 8.07. The van der Waals surface area contributed by atoms with E-state index in [0.29, 0.717) is 0 Å². The summed E-state index contributed by atoms with van der Waals surface area (Å²) < 4.78 is 0. The van der Waals surface area contributed by atoms with Crippen LogP contribution in [0, 0.1) is 6.92 Å². The van der Waals surface area contributed by atoms with Gasteiger partial charge in [-0.1, -0.05) is 43.3 Å². The number of aromatic amines is 1. The number of amides is 1. The number of anilines is 1. The molecule has 152 valence electrons. The van der Waals surface area contributed by atoms with Crippen LogP contribution in [0.25, 0.3) is 11.0 Å². The zero-order valence-corrected chi connectivity index (χ0v) is 17.7. The normalized spacial score (nSPS) is 12.1. The number of hydrogen-bond donors (Lipinski definition) is 2. The first-order valence-electron chi connectivity index (χ1n) is 9.88. The average Bonchev–Trinajstić information content (AvgIpc) is 3.24. The lowest BCUT2D eigenvalue weighted by Gasteiger charge is -2.18. The smallest absolute Gasteiger partial charge is 0.231 e. The molecule has 0 fully saturated rings. The van der Waals surface area contributed by atoms with Gasteiger partial charge in [0.2, 0.25) is 5.91 Å². The van der Waals surface area contributed by atoms with Gasteiger partial charge in [-0.05, 0) is 42.2 Å². The van der Waals surface area contributed by atoms with Crippen molar-refractivity contribution >= 4 is 34.4 Å². The van der Waals surface area contributed by atoms with E-state index in [9.17, 15) is 4.79 Å². The molecule has 1 unspecified atom stereocenters. The summed E-state index contributed by atoms with van der Waals surface area (Å²) in [5, 5.41) is 11.8. The minimum Gasteiger partial charge on any atom is -0.326 e. The Balaban J connectivity index is 1.46. The lowest BCUT2D eigenvalue weighted by atomic mass is 9.92. The van der Waals surface area contributed by atoms with Crippen LogP contribution in [-0.4, -0.2) is 26.1 Å². The van der Waals surface area contributed by atoms with Crippen LogP contribution in [0.3, 0.4) is 0 Å². The highest BCUT2D eigenvalue weighted by molar-refractivity contribution is 7.98. The van der Waals surface area contributed by atoms with Crippen molar-refractivity contribution in [3.05, 3.63) is 77.7 Å². The summed E-state index contributed by atoms with van der Waals surface area (Å²) in [6, 6.07) is 16.0. The predicted molar refractivity (Wildman–Crippen MR) is 121 cm³/mol. The second kappa shape index (κ2) is 9.09. The lowest BCUT2D eigenvalue weighted by Crippen LogP contribution is -2.21. The minimum atomic E-state index is -0.167. The van der Waals surface area contributed by atoms with Crippen LogP contribution in [0.2, 0.25) is 0 Å². The summed E-state index contributed by atoms with van der Waals surface area (Å²) >= 11 is 1.62. The molecule has 0 saturated carbocycles. The number of benzene rings is 2. The van der Waals surface area contributed by atoms with E-state index in [-0.39, 0.29) is 11.8 Å². The Kier molecular flexibility index (Phi) is 6.09. The van der Waals surface area contributed by atoms with Gasteiger partial charge >= 0.3 is 0 Å². The Bertz CT molecular complexity index is 1170. The largest absolute Gasteiger partial charge is 0.326 e. The quantitative estimate of drug-likeness (QED) is 0.323. The van der Waals surface area contributed by atoms with E-state index in [0.717, 1.165) is 50.6 Å². The Morgan fingerprint density at radius 1 is 1.17 bits per heavy atom. The van der Waals surface area contributed by atoms with Gasteiger partial charge in [0.05, 0.1) is 17.5 Å². The first kappa shape index (κ1) is 20.1. The molecule has 2 aromatic heterocycles. The van der Waals surface area contributed by atoms with Gasteiger partial charge in [-0.2, -0.15) is 5.10 Å². The number of fused-ring (bicyclic) bond motifs is 1. The van der Waals surface area contributed by atoms with Crippen molar-refractivity contribution in [1.29, 1.82) is 0 Å². The molecule has 7 heteroatoms. The van der Waals surface area contributed by atoms with E-state index >= 15 is 0 Å². The molecule has 2 N–H and O–H groups in total. The van der Waals surface area contributed by atoms with Gasteiger partial charge in [0.1, 0.15) is 11.4 Å². The van der Waals surface area contributed by atoms with E-state index in [2.05, 4.69) is 31.5 Å². The van der Waals surface area contributed by atoms with Crippen molar-refractivity contribution < 1.29 is 4.79 Å².